The smallest absolute Gasteiger partial charge is 0.0535 e. The van der Waals surface area contributed by atoms with E-state index in [-0.39, 0.29) is 5.41 Å². The summed E-state index contributed by atoms with van der Waals surface area (Å²) < 4.78 is 0. The van der Waals surface area contributed by atoms with E-state index in [1.54, 1.807) is 0 Å². The number of nitrogens with one attached hydrogen (secondary N) is 2. The highest BCUT2D eigenvalue weighted by Gasteiger charge is 2.26. The quantitative estimate of drug-likeness (QED) is 0.606. The molecule has 0 atom stereocenters. The molecular weight excluding hydrogens is 150 g/mol. The van der Waals surface area contributed by atoms with Crippen LogP contribution in [0.3, 0.4) is 0 Å². The summed E-state index contributed by atoms with van der Waals surface area (Å²) >= 11 is 0. The van der Waals surface area contributed by atoms with Gasteiger partial charge in [0.05, 0.1) is 6.20 Å². The molecule has 0 spiro atoms. The van der Waals surface area contributed by atoms with Crippen molar-refractivity contribution in [2.24, 2.45) is 0 Å². The van der Waals surface area contributed by atoms with Crippen LogP contribution in [0.15, 0.2) is 6.20 Å². The molecule has 12 heavy (non-hydrogen) atoms. The van der Waals surface area contributed by atoms with Gasteiger partial charge in [0.1, 0.15) is 0 Å². The normalized spacial score (nSPS) is 21.5. The second kappa shape index (κ2) is 2.59. The Bertz CT molecular complexity index is 275. The van der Waals surface area contributed by atoms with Gasteiger partial charge in [0.25, 0.3) is 0 Å². The van der Waals surface area contributed by atoms with Crippen molar-refractivity contribution in [3.05, 3.63) is 17.5 Å². The lowest BCUT2D eigenvalue weighted by Crippen LogP contribution is -2.21. The molecule has 1 aliphatic heterocycles. The minimum atomic E-state index is 0.245. The number of fused-ring (bicyclic) bond motifs is 1. The first-order chi connectivity index (χ1) is 5.70. The van der Waals surface area contributed by atoms with Gasteiger partial charge in [0.2, 0.25) is 0 Å². The third-order valence-electron chi connectivity index (χ3n) is 2.64. The Balaban J connectivity index is 2.43. The van der Waals surface area contributed by atoms with Crippen molar-refractivity contribution in [2.45, 2.75) is 32.2 Å². The van der Waals surface area contributed by atoms with E-state index >= 15 is 0 Å². The Kier molecular flexibility index (Phi) is 1.68. The summed E-state index contributed by atoms with van der Waals surface area (Å²) in [6, 6.07) is 0. The molecule has 3 nitrogen and oxygen atoms in total. The molecule has 3 heteroatoms. The Hall–Kier alpha value is -0.830. The number of H-pyrrole nitrogens is 1. The standard InChI is InChI=1S/C9H15N3/c1-9(2)3-4-10-5-7-6-11-12-8(7)9/h6,10H,3-5H2,1-2H3,(H,11,12). The highest BCUT2D eigenvalue weighted by molar-refractivity contribution is 5.25. The number of aromatic nitrogens is 2. The van der Waals surface area contributed by atoms with Gasteiger partial charge in [-0.2, -0.15) is 5.10 Å². The third kappa shape index (κ3) is 1.14. The molecule has 0 aromatic carbocycles. The van der Waals surface area contributed by atoms with Gasteiger partial charge in [-0.15, -0.1) is 0 Å². The molecule has 1 aromatic rings. The first-order valence-corrected chi connectivity index (χ1v) is 4.43. The zero-order valence-corrected chi connectivity index (χ0v) is 7.65. The number of aromatic amines is 1. The SMILES string of the molecule is CC1(C)CCNCc2cn[nH]c21. The molecule has 1 aromatic heterocycles. The van der Waals surface area contributed by atoms with Gasteiger partial charge in [-0.1, -0.05) is 13.8 Å². The summed E-state index contributed by atoms with van der Waals surface area (Å²) in [5.74, 6) is 0. The molecule has 0 bridgehead atoms. The van der Waals surface area contributed by atoms with Crippen LogP contribution in [0, 0.1) is 0 Å². The van der Waals surface area contributed by atoms with Gasteiger partial charge in [0, 0.05) is 23.2 Å². The monoisotopic (exact) mass is 165 g/mol. The number of nitrogens with zero attached hydrogens (tertiary/aromatic N) is 1. The van der Waals surface area contributed by atoms with Gasteiger partial charge < -0.3 is 5.32 Å². The summed E-state index contributed by atoms with van der Waals surface area (Å²) in [4.78, 5) is 0. The minimum Gasteiger partial charge on any atom is -0.313 e. The molecule has 0 amide bonds. The van der Waals surface area contributed by atoms with Crippen LogP contribution >= 0.6 is 0 Å². The highest BCUT2D eigenvalue weighted by atomic mass is 15.1. The van der Waals surface area contributed by atoms with E-state index in [0.29, 0.717) is 0 Å². The van der Waals surface area contributed by atoms with Crippen LogP contribution in [-0.4, -0.2) is 16.7 Å². The topological polar surface area (TPSA) is 40.7 Å². The molecule has 0 saturated heterocycles. The zero-order chi connectivity index (χ0) is 8.60. The van der Waals surface area contributed by atoms with Gasteiger partial charge in [0.15, 0.2) is 0 Å². The zero-order valence-electron chi connectivity index (χ0n) is 7.65. The van der Waals surface area contributed by atoms with Crippen molar-refractivity contribution < 1.29 is 0 Å². The maximum absolute atomic E-state index is 4.08. The van der Waals surface area contributed by atoms with Crippen LogP contribution in [0.2, 0.25) is 0 Å². The van der Waals surface area contributed by atoms with Crippen LogP contribution in [-0.2, 0) is 12.0 Å². The van der Waals surface area contributed by atoms with Gasteiger partial charge in [-0.25, -0.2) is 0 Å². The van der Waals surface area contributed by atoms with Crippen molar-refractivity contribution in [2.75, 3.05) is 6.54 Å². The van der Waals surface area contributed by atoms with E-state index < -0.39 is 0 Å². The van der Waals surface area contributed by atoms with Gasteiger partial charge in [-0.3, -0.25) is 5.10 Å². The molecular formula is C9H15N3. The lowest BCUT2D eigenvalue weighted by molar-refractivity contribution is 0.463. The van der Waals surface area contributed by atoms with Gasteiger partial charge >= 0.3 is 0 Å². The maximum atomic E-state index is 4.08. The molecule has 0 radical (unpaired) electrons. The average molecular weight is 165 g/mol. The van der Waals surface area contributed by atoms with Crippen LogP contribution in [0.4, 0.5) is 0 Å². The molecule has 0 unspecified atom stereocenters. The fourth-order valence-electron chi connectivity index (χ4n) is 1.78. The Morgan fingerprint density at radius 2 is 2.33 bits per heavy atom. The summed E-state index contributed by atoms with van der Waals surface area (Å²) in [6.45, 7) is 6.57. The van der Waals surface area contributed by atoms with E-state index in [0.717, 1.165) is 13.1 Å². The van der Waals surface area contributed by atoms with Crippen LogP contribution < -0.4 is 5.32 Å². The number of rotatable bonds is 0. The second-order valence-electron chi connectivity index (χ2n) is 4.08. The fourth-order valence-corrected chi connectivity index (χ4v) is 1.78. The molecule has 1 aliphatic rings. The molecule has 2 N–H and O–H groups in total. The summed E-state index contributed by atoms with van der Waals surface area (Å²) in [5, 5.41) is 10.6. The lowest BCUT2D eigenvalue weighted by atomic mass is 9.85. The Morgan fingerprint density at radius 3 is 3.17 bits per heavy atom. The fraction of sp³-hybridized carbons (Fsp3) is 0.667. The number of hydrogen-bond acceptors (Lipinski definition) is 2. The minimum absolute atomic E-state index is 0.245. The van der Waals surface area contributed by atoms with E-state index in [9.17, 15) is 0 Å². The molecule has 0 fully saturated rings. The lowest BCUT2D eigenvalue weighted by Gasteiger charge is -2.21. The predicted molar refractivity (Wildman–Crippen MR) is 47.9 cm³/mol. The highest BCUT2D eigenvalue weighted by Crippen LogP contribution is 2.29. The van der Waals surface area contributed by atoms with Crippen molar-refractivity contribution >= 4 is 0 Å². The first kappa shape index (κ1) is 7.80. The van der Waals surface area contributed by atoms with Crippen molar-refractivity contribution in [1.29, 1.82) is 0 Å². The van der Waals surface area contributed by atoms with Crippen molar-refractivity contribution in [3.63, 3.8) is 0 Å². The molecule has 2 rings (SSSR count). The first-order valence-electron chi connectivity index (χ1n) is 4.43. The summed E-state index contributed by atoms with van der Waals surface area (Å²) in [7, 11) is 0. The van der Waals surface area contributed by atoms with Gasteiger partial charge in [-0.05, 0) is 13.0 Å². The Morgan fingerprint density at radius 1 is 1.50 bits per heavy atom. The van der Waals surface area contributed by atoms with E-state index in [1.165, 1.54) is 17.7 Å². The number of hydrogen-bond donors (Lipinski definition) is 2. The largest absolute Gasteiger partial charge is 0.313 e. The molecule has 0 aliphatic carbocycles. The molecule has 0 saturated carbocycles. The summed E-state index contributed by atoms with van der Waals surface area (Å²) in [5.41, 5.74) is 2.86. The van der Waals surface area contributed by atoms with Crippen LogP contribution in [0.5, 0.6) is 0 Å². The van der Waals surface area contributed by atoms with Crippen LogP contribution in [0.1, 0.15) is 31.5 Å². The van der Waals surface area contributed by atoms with Crippen molar-refractivity contribution in [3.8, 4) is 0 Å². The van der Waals surface area contributed by atoms with Crippen LogP contribution in [0.25, 0.3) is 0 Å². The molecule has 66 valence electrons. The van der Waals surface area contributed by atoms with Crippen molar-refractivity contribution in [1.82, 2.24) is 15.5 Å². The van der Waals surface area contributed by atoms with E-state index in [4.69, 9.17) is 0 Å². The third-order valence-corrected chi connectivity index (χ3v) is 2.64. The van der Waals surface area contributed by atoms with E-state index in [2.05, 4.69) is 29.4 Å². The second-order valence-corrected chi connectivity index (χ2v) is 4.08. The average Bonchev–Trinajstić information content (AvgIpc) is 2.42. The summed E-state index contributed by atoms with van der Waals surface area (Å²) in [6.07, 6.45) is 3.09. The van der Waals surface area contributed by atoms with E-state index in [1.807, 2.05) is 6.20 Å². The maximum Gasteiger partial charge on any atom is 0.0535 e. The predicted octanol–water partition coefficient (Wildman–Crippen LogP) is 1.18. The Labute approximate surface area is 72.6 Å². The molecule has 2 heterocycles.